The zero-order chi connectivity index (χ0) is 14.9. The number of anilines is 1. The number of carbonyl (C=O) groups excluding carboxylic acids is 1. The molecule has 1 aromatic rings. The first-order chi connectivity index (χ1) is 10.3. The van der Waals surface area contributed by atoms with E-state index in [1.54, 1.807) is 7.05 Å². The van der Waals surface area contributed by atoms with Gasteiger partial charge in [-0.3, -0.25) is 4.90 Å². The molecule has 0 aliphatic carbocycles. The average molecular weight is 290 g/mol. The van der Waals surface area contributed by atoms with Crippen molar-refractivity contribution in [3.63, 3.8) is 0 Å². The largest absolute Gasteiger partial charge is 0.369 e. The fourth-order valence-electron chi connectivity index (χ4n) is 2.62. The lowest BCUT2D eigenvalue weighted by molar-refractivity contribution is 0.240. The van der Waals surface area contributed by atoms with Crippen LogP contribution in [0.1, 0.15) is 12.8 Å². The summed E-state index contributed by atoms with van der Waals surface area (Å²) < 4.78 is 0. The number of rotatable bonds is 6. The number of hydrogen-bond donors (Lipinski definition) is 2. The first kappa shape index (κ1) is 15.6. The Kier molecular flexibility index (Phi) is 6.34. The van der Waals surface area contributed by atoms with Gasteiger partial charge in [0, 0.05) is 45.5 Å². The average Bonchev–Trinajstić information content (AvgIpc) is 2.55. The highest BCUT2D eigenvalue weighted by molar-refractivity contribution is 5.73. The zero-order valence-electron chi connectivity index (χ0n) is 12.8. The van der Waals surface area contributed by atoms with Crippen molar-refractivity contribution >= 4 is 11.7 Å². The molecule has 2 N–H and O–H groups in total. The first-order valence-corrected chi connectivity index (χ1v) is 7.77. The number of piperazine rings is 1. The van der Waals surface area contributed by atoms with Gasteiger partial charge in [0.15, 0.2) is 0 Å². The molecule has 2 rings (SSSR count). The van der Waals surface area contributed by atoms with Crippen LogP contribution in [0, 0.1) is 0 Å². The fourth-order valence-corrected chi connectivity index (χ4v) is 2.62. The van der Waals surface area contributed by atoms with Crippen molar-refractivity contribution < 1.29 is 4.79 Å². The normalized spacial score (nSPS) is 15.8. The smallest absolute Gasteiger partial charge is 0.314 e. The van der Waals surface area contributed by atoms with Gasteiger partial charge in [0.05, 0.1) is 0 Å². The highest BCUT2D eigenvalue weighted by Gasteiger charge is 2.16. The highest BCUT2D eigenvalue weighted by atomic mass is 16.2. The second-order valence-electron chi connectivity index (χ2n) is 5.38. The Labute approximate surface area is 127 Å². The molecule has 0 aromatic heterocycles. The van der Waals surface area contributed by atoms with Gasteiger partial charge in [0.2, 0.25) is 0 Å². The summed E-state index contributed by atoms with van der Waals surface area (Å²) in [6.07, 6.45) is 2.17. The van der Waals surface area contributed by atoms with E-state index in [-0.39, 0.29) is 6.03 Å². The molecule has 2 amide bonds. The molecule has 0 unspecified atom stereocenters. The van der Waals surface area contributed by atoms with E-state index in [9.17, 15) is 4.79 Å². The summed E-state index contributed by atoms with van der Waals surface area (Å²) in [5.74, 6) is 0. The van der Waals surface area contributed by atoms with Crippen molar-refractivity contribution in [2.24, 2.45) is 0 Å². The lowest BCUT2D eigenvalue weighted by atomic mass is 10.2. The molecule has 1 aliphatic heterocycles. The standard InChI is InChI=1S/C16H26N4O/c1-17-16(21)18-9-5-6-10-19-11-13-20(14-12-19)15-7-3-2-4-8-15/h2-4,7-8H,5-6,9-14H2,1H3,(H2,17,18,21). The predicted octanol–water partition coefficient (Wildman–Crippen LogP) is 1.52. The van der Waals surface area contributed by atoms with Crippen molar-refractivity contribution in [2.45, 2.75) is 12.8 Å². The van der Waals surface area contributed by atoms with Gasteiger partial charge in [0.1, 0.15) is 0 Å². The van der Waals surface area contributed by atoms with Crippen LogP contribution < -0.4 is 15.5 Å². The third-order valence-electron chi connectivity index (χ3n) is 3.91. The Morgan fingerprint density at radius 1 is 1.10 bits per heavy atom. The number of amides is 2. The van der Waals surface area contributed by atoms with Crippen LogP contribution in [0.3, 0.4) is 0 Å². The molecule has 21 heavy (non-hydrogen) atoms. The van der Waals surface area contributed by atoms with Gasteiger partial charge in [0.25, 0.3) is 0 Å². The van der Waals surface area contributed by atoms with Crippen LogP contribution in [0.4, 0.5) is 10.5 Å². The maximum atomic E-state index is 11.0. The molecule has 0 saturated carbocycles. The van der Waals surface area contributed by atoms with Gasteiger partial charge in [-0.05, 0) is 31.5 Å². The molecule has 5 nitrogen and oxygen atoms in total. The maximum absolute atomic E-state index is 11.0. The maximum Gasteiger partial charge on any atom is 0.314 e. The van der Waals surface area contributed by atoms with E-state index in [1.807, 2.05) is 0 Å². The SMILES string of the molecule is CNC(=O)NCCCCN1CCN(c2ccccc2)CC1. The first-order valence-electron chi connectivity index (χ1n) is 7.77. The highest BCUT2D eigenvalue weighted by Crippen LogP contribution is 2.15. The molecular weight excluding hydrogens is 264 g/mol. The third-order valence-corrected chi connectivity index (χ3v) is 3.91. The van der Waals surface area contributed by atoms with Crippen molar-refractivity contribution in [1.82, 2.24) is 15.5 Å². The minimum atomic E-state index is -0.0912. The number of hydrogen-bond acceptors (Lipinski definition) is 3. The molecule has 0 atom stereocenters. The molecule has 1 fully saturated rings. The summed E-state index contributed by atoms with van der Waals surface area (Å²) in [4.78, 5) is 16.0. The third kappa shape index (κ3) is 5.27. The van der Waals surface area contributed by atoms with Gasteiger partial charge in [-0.1, -0.05) is 18.2 Å². The molecule has 0 bridgehead atoms. The van der Waals surface area contributed by atoms with E-state index >= 15 is 0 Å². The van der Waals surface area contributed by atoms with Crippen LogP contribution in [0.25, 0.3) is 0 Å². The summed E-state index contributed by atoms with van der Waals surface area (Å²) in [7, 11) is 1.64. The van der Waals surface area contributed by atoms with Gasteiger partial charge in [-0.25, -0.2) is 4.79 Å². The summed E-state index contributed by atoms with van der Waals surface area (Å²) >= 11 is 0. The van der Waals surface area contributed by atoms with Gasteiger partial charge in [-0.2, -0.15) is 0 Å². The van der Waals surface area contributed by atoms with Crippen molar-refractivity contribution in [3.8, 4) is 0 Å². The van der Waals surface area contributed by atoms with Crippen molar-refractivity contribution in [2.75, 3.05) is 51.2 Å². The van der Waals surface area contributed by atoms with Crippen LogP contribution in [-0.4, -0.2) is 57.2 Å². The minimum Gasteiger partial charge on any atom is -0.369 e. The molecule has 1 aromatic carbocycles. The number of carbonyl (C=O) groups is 1. The number of unbranched alkanes of at least 4 members (excludes halogenated alkanes) is 1. The van der Waals surface area contributed by atoms with E-state index in [2.05, 4.69) is 50.8 Å². The number of para-hydroxylation sites is 1. The number of urea groups is 1. The monoisotopic (exact) mass is 290 g/mol. The quantitative estimate of drug-likeness (QED) is 0.781. The van der Waals surface area contributed by atoms with Gasteiger partial charge < -0.3 is 15.5 Å². The summed E-state index contributed by atoms with van der Waals surface area (Å²) in [5, 5.41) is 5.38. The van der Waals surface area contributed by atoms with E-state index in [4.69, 9.17) is 0 Å². The fraction of sp³-hybridized carbons (Fsp3) is 0.562. The zero-order valence-corrected chi connectivity index (χ0v) is 12.8. The van der Waals surface area contributed by atoms with Crippen molar-refractivity contribution in [1.29, 1.82) is 0 Å². The molecule has 1 aliphatic rings. The van der Waals surface area contributed by atoms with E-state index in [0.717, 1.165) is 52.1 Å². The molecule has 0 spiro atoms. The predicted molar refractivity (Wildman–Crippen MR) is 86.8 cm³/mol. The second kappa shape index (κ2) is 8.52. The molecule has 0 radical (unpaired) electrons. The molecular formula is C16H26N4O. The van der Waals surface area contributed by atoms with E-state index < -0.39 is 0 Å². The Balaban J connectivity index is 1.58. The Morgan fingerprint density at radius 2 is 1.81 bits per heavy atom. The molecule has 1 heterocycles. The lowest BCUT2D eigenvalue weighted by Crippen LogP contribution is -2.46. The number of nitrogens with one attached hydrogen (secondary N) is 2. The Morgan fingerprint density at radius 3 is 2.48 bits per heavy atom. The number of benzene rings is 1. The molecule has 116 valence electrons. The van der Waals surface area contributed by atoms with Crippen LogP contribution in [-0.2, 0) is 0 Å². The van der Waals surface area contributed by atoms with Crippen molar-refractivity contribution in [3.05, 3.63) is 30.3 Å². The second-order valence-corrected chi connectivity index (χ2v) is 5.38. The van der Waals surface area contributed by atoms with Crippen LogP contribution in [0.2, 0.25) is 0 Å². The topological polar surface area (TPSA) is 47.6 Å². The van der Waals surface area contributed by atoms with Crippen LogP contribution in [0.15, 0.2) is 30.3 Å². The molecule has 5 heteroatoms. The minimum absolute atomic E-state index is 0.0912. The van der Waals surface area contributed by atoms with E-state index in [1.165, 1.54) is 5.69 Å². The Bertz CT molecular complexity index is 416. The Hall–Kier alpha value is -1.75. The lowest BCUT2D eigenvalue weighted by Gasteiger charge is -2.36. The van der Waals surface area contributed by atoms with Gasteiger partial charge >= 0.3 is 6.03 Å². The molecule has 1 saturated heterocycles. The summed E-state index contributed by atoms with van der Waals surface area (Å²) in [6.45, 7) is 6.32. The van der Waals surface area contributed by atoms with Gasteiger partial charge in [-0.15, -0.1) is 0 Å². The van der Waals surface area contributed by atoms with Crippen LogP contribution >= 0.6 is 0 Å². The van der Waals surface area contributed by atoms with Crippen LogP contribution in [0.5, 0.6) is 0 Å². The van der Waals surface area contributed by atoms with E-state index in [0.29, 0.717) is 0 Å². The summed E-state index contributed by atoms with van der Waals surface area (Å²) in [6, 6.07) is 10.5. The number of nitrogens with zero attached hydrogens (tertiary/aromatic N) is 2. The summed E-state index contributed by atoms with van der Waals surface area (Å²) in [5.41, 5.74) is 1.33.